The summed E-state index contributed by atoms with van der Waals surface area (Å²) in [7, 11) is 0. The molecule has 0 bridgehead atoms. The molecule has 4 nitrogen and oxygen atoms in total. The van der Waals surface area contributed by atoms with Gasteiger partial charge in [-0.1, -0.05) is 25.1 Å². The maximum Gasteiger partial charge on any atom is 0.211 e. The van der Waals surface area contributed by atoms with E-state index in [2.05, 4.69) is 10.1 Å². The molecule has 0 atom stereocenters. The number of carbonyl (C=O) groups is 1. The number of aryl methyl sites for hydroxylation is 2. The molecule has 0 N–H and O–H groups in total. The van der Waals surface area contributed by atoms with Crippen LogP contribution in [0.25, 0.3) is 10.8 Å². The minimum Gasteiger partial charge on any atom is -0.287 e. The predicted octanol–water partition coefficient (Wildman–Crippen LogP) is 3.24. The van der Waals surface area contributed by atoms with Gasteiger partial charge in [0.1, 0.15) is 5.69 Å². The van der Waals surface area contributed by atoms with E-state index in [4.69, 9.17) is 0 Å². The predicted molar refractivity (Wildman–Crippen MR) is 82.5 cm³/mol. The fourth-order valence-corrected chi connectivity index (χ4v) is 2.52. The number of rotatable bonds is 4. The summed E-state index contributed by atoms with van der Waals surface area (Å²) in [5.74, 6) is 0.00245. The molecule has 0 aliphatic heterocycles. The molecule has 4 heteroatoms. The van der Waals surface area contributed by atoms with Crippen LogP contribution >= 0.6 is 0 Å². The lowest BCUT2D eigenvalue weighted by atomic mass is 10.0. The largest absolute Gasteiger partial charge is 0.287 e. The number of nitrogens with zero attached hydrogens (tertiary/aromatic N) is 3. The molecule has 0 saturated carbocycles. The van der Waals surface area contributed by atoms with Crippen molar-refractivity contribution in [3.63, 3.8) is 0 Å². The third-order valence-corrected chi connectivity index (χ3v) is 3.65. The van der Waals surface area contributed by atoms with Crippen molar-refractivity contribution in [2.24, 2.45) is 0 Å². The Bertz CT molecular complexity index is 799. The Labute approximate surface area is 123 Å². The highest BCUT2D eigenvalue weighted by molar-refractivity contribution is 6.15. The first-order valence-electron chi connectivity index (χ1n) is 7.18. The minimum atomic E-state index is 0.00245. The number of hydrogen-bond donors (Lipinski definition) is 0. The summed E-state index contributed by atoms with van der Waals surface area (Å²) >= 11 is 0. The molecule has 0 saturated heterocycles. The summed E-state index contributed by atoms with van der Waals surface area (Å²) < 4.78 is 1.77. The highest BCUT2D eigenvalue weighted by Crippen LogP contribution is 2.21. The summed E-state index contributed by atoms with van der Waals surface area (Å²) in [6, 6.07) is 9.55. The smallest absolute Gasteiger partial charge is 0.211 e. The van der Waals surface area contributed by atoms with Gasteiger partial charge in [0.15, 0.2) is 0 Å². The second-order valence-corrected chi connectivity index (χ2v) is 4.92. The number of benzene rings is 1. The van der Waals surface area contributed by atoms with Crippen LogP contribution in [0.1, 0.15) is 35.6 Å². The molecule has 2 aromatic heterocycles. The quantitative estimate of drug-likeness (QED) is 0.689. The first-order chi connectivity index (χ1) is 10.2. The molecule has 106 valence electrons. The van der Waals surface area contributed by atoms with Gasteiger partial charge in [-0.15, -0.1) is 0 Å². The lowest BCUT2D eigenvalue weighted by Gasteiger charge is -2.06. The summed E-state index contributed by atoms with van der Waals surface area (Å²) in [5.41, 5.74) is 2.27. The molecule has 0 amide bonds. The zero-order chi connectivity index (χ0) is 14.8. The van der Waals surface area contributed by atoms with Crippen molar-refractivity contribution in [3.8, 4) is 0 Å². The van der Waals surface area contributed by atoms with E-state index in [1.807, 2.05) is 44.2 Å². The Kier molecular flexibility index (Phi) is 3.52. The van der Waals surface area contributed by atoms with Gasteiger partial charge < -0.3 is 0 Å². The van der Waals surface area contributed by atoms with Crippen LogP contribution in [-0.4, -0.2) is 20.5 Å². The number of hydrogen-bond acceptors (Lipinski definition) is 3. The number of pyridine rings is 1. The topological polar surface area (TPSA) is 47.8 Å². The van der Waals surface area contributed by atoms with Gasteiger partial charge in [0.25, 0.3) is 0 Å². The van der Waals surface area contributed by atoms with Crippen LogP contribution in [0.2, 0.25) is 0 Å². The molecular formula is C17H17N3O. The zero-order valence-electron chi connectivity index (χ0n) is 12.2. The number of carbonyl (C=O) groups excluding carboxylic acids is 1. The van der Waals surface area contributed by atoms with E-state index >= 15 is 0 Å². The van der Waals surface area contributed by atoms with E-state index < -0.39 is 0 Å². The van der Waals surface area contributed by atoms with Crippen molar-refractivity contribution in [1.82, 2.24) is 14.8 Å². The maximum atomic E-state index is 12.9. The average Bonchev–Trinajstić information content (AvgIpc) is 2.97. The van der Waals surface area contributed by atoms with Crippen molar-refractivity contribution in [2.75, 3.05) is 0 Å². The number of aromatic nitrogens is 3. The van der Waals surface area contributed by atoms with Crippen LogP contribution < -0.4 is 0 Å². The monoisotopic (exact) mass is 279 g/mol. The number of fused-ring (bicyclic) bond motifs is 1. The fraction of sp³-hybridized carbons (Fsp3) is 0.235. The van der Waals surface area contributed by atoms with E-state index in [9.17, 15) is 4.79 Å². The van der Waals surface area contributed by atoms with Gasteiger partial charge in [0.05, 0.1) is 5.69 Å². The van der Waals surface area contributed by atoms with Crippen LogP contribution in [0.15, 0.2) is 42.7 Å². The minimum absolute atomic E-state index is 0.00245. The Morgan fingerprint density at radius 3 is 2.86 bits per heavy atom. The first-order valence-corrected chi connectivity index (χ1v) is 7.18. The normalized spacial score (nSPS) is 11.0. The van der Waals surface area contributed by atoms with Crippen LogP contribution in [0.3, 0.4) is 0 Å². The molecule has 0 spiro atoms. The summed E-state index contributed by atoms with van der Waals surface area (Å²) in [4.78, 5) is 17.0. The van der Waals surface area contributed by atoms with E-state index in [1.165, 1.54) is 0 Å². The fourth-order valence-electron chi connectivity index (χ4n) is 2.52. The highest BCUT2D eigenvalue weighted by atomic mass is 16.1. The first kappa shape index (κ1) is 13.5. The second kappa shape index (κ2) is 5.48. The SMILES string of the molecule is CCc1cc(C(=O)c2cccc3ccncc23)n(CC)n1. The van der Waals surface area contributed by atoms with Gasteiger partial charge in [-0.25, -0.2) is 0 Å². The Balaban J connectivity index is 2.15. The van der Waals surface area contributed by atoms with E-state index in [0.29, 0.717) is 17.8 Å². The lowest BCUT2D eigenvalue weighted by Crippen LogP contribution is -2.11. The Hall–Kier alpha value is -2.49. The molecule has 1 aromatic carbocycles. The molecule has 3 rings (SSSR count). The summed E-state index contributed by atoms with van der Waals surface area (Å²) in [5, 5.41) is 6.36. The number of ketones is 1. The van der Waals surface area contributed by atoms with Crippen LogP contribution in [0, 0.1) is 0 Å². The molecule has 3 aromatic rings. The third-order valence-electron chi connectivity index (χ3n) is 3.65. The molecule has 21 heavy (non-hydrogen) atoms. The molecule has 0 fully saturated rings. The maximum absolute atomic E-state index is 12.9. The second-order valence-electron chi connectivity index (χ2n) is 4.92. The van der Waals surface area contributed by atoms with Crippen LogP contribution in [-0.2, 0) is 13.0 Å². The van der Waals surface area contributed by atoms with Gasteiger partial charge >= 0.3 is 0 Å². The highest BCUT2D eigenvalue weighted by Gasteiger charge is 2.18. The van der Waals surface area contributed by atoms with Gasteiger partial charge in [-0.3, -0.25) is 14.5 Å². The van der Waals surface area contributed by atoms with E-state index in [-0.39, 0.29) is 5.78 Å². The van der Waals surface area contributed by atoms with Crippen molar-refractivity contribution in [2.45, 2.75) is 26.8 Å². The van der Waals surface area contributed by atoms with Crippen molar-refractivity contribution >= 4 is 16.6 Å². The van der Waals surface area contributed by atoms with E-state index in [0.717, 1.165) is 22.9 Å². The van der Waals surface area contributed by atoms with Gasteiger partial charge in [-0.2, -0.15) is 5.10 Å². The standard InChI is InChI=1S/C17H17N3O/c1-3-13-10-16(20(4-2)19-13)17(21)14-7-5-6-12-8-9-18-11-15(12)14/h5-11H,3-4H2,1-2H3. The molecule has 0 aliphatic carbocycles. The third kappa shape index (κ3) is 2.33. The van der Waals surface area contributed by atoms with Crippen LogP contribution in [0.4, 0.5) is 0 Å². The summed E-state index contributed by atoms with van der Waals surface area (Å²) in [6.07, 6.45) is 4.31. The van der Waals surface area contributed by atoms with Gasteiger partial charge in [-0.05, 0) is 30.9 Å². The zero-order valence-corrected chi connectivity index (χ0v) is 12.2. The Morgan fingerprint density at radius 2 is 2.10 bits per heavy atom. The Morgan fingerprint density at radius 1 is 1.24 bits per heavy atom. The molecule has 0 aliphatic rings. The van der Waals surface area contributed by atoms with E-state index in [1.54, 1.807) is 17.1 Å². The molecule has 0 radical (unpaired) electrons. The molecule has 2 heterocycles. The molecule has 0 unspecified atom stereocenters. The lowest BCUT2D eigenvalue weighted by molar-refractivity contribution is 0.103. The summed E-state index contributed by atoms with van der Waals surface area (Å²) in [6.45, 7) is 4.72. The molecular weight excluding hydrogens is 262 g/mol. The average molecular weight is 279 g/mol. The van der Waals surface area contributed by atoms with Crippen molar-refractivity contribution < 1.29 is 4.79 Å². The van der Waals surface area contributed by atoms with Gasteiger partial charge in [0, 0.05) is 29.9 Å². The van der Waals surface area contributed by atoms with Crippen molar-refractivity contribution in [1.29, 1.82) is 0 Å². The van der Waals surface area contributed by atoms with Crippen molar-refractivity contribution in [3.05, 3.63) is 59.7 Å². The van der Waals surface area contributed by atoms with Crippen LogP contribution in [0.5, 0.6) is 0 Å². The van der Waals surface area contributed by atoms with Gasteiger partial charge in [0.2, 0.25) is 5.78 Å².